The summed E-state index contributed by atoms with van der Waals surface area (Å²) in [6.45, 7) is 4.14. The van der Waals surface area contributed by atoms with Gasteiger partial charge in [0.15, 0.2) is 0 Å². The third-order valence-corrected chi connectivity index (χ3v) is 6.08. The van der Waals surface area contributed by atoms with E-state index in [1.165, 1.54) is 16.0 Å². The number of benzene rings is 1. The first kappa shape index (κ1) is 20.8. The highest BCUT2D eigenvalue weighted by molar-refractivity contribution is 9.09. The minimum Gasteiger partial charge on any atom is -0.378 e. The van der Waals surface area contributed by atoms with Crippen LogP contribution >= 0.6 is 27.7 Å². The summed E-state index contributed by atoms with van der Waals surface area (Å²) in [7, 11) is 0. The van der Waals surface area contributed by atoms with Crippen molar-refractivity contribution in [1.29, 1.82) is 0 Å². The van der Waals surface area contributed by atoms with Crippen molar-refractivity contribution in [2.75, 3.05) is 37.5 Å². The van der Waals surface area contributed by atoms with Crippen LogP contribution in [0.3, 0.4) is 0 Å². The van der Waals surface area contributed by atoms with E-state index < -0.39 is 0 Å². The molecule has 2 heterocycles. The third-order valence-electron chi connectivity index (χ3n) is 4.69. The summed E-state index contributed by atoms with van der Waals surface area (Å²) in [6, 6.07) is 6.12. The predicted molar refractivity (Wildman–Crippen MR) is 108 cm³/mol. The molecule has 148 valence electrons. The van der Waals surface area contributed by atoms with Gasteiger partial charge in [-0.05, 0) is 23.6 Å². The number of hydrogen-bond donors (Lipinski definition) is 1. The summed E-state index contributed by atoms with van der Waals surface area (Å²) >= 11 is 5.11. The summed E-state index contributed by atoms with van der Waals surface area (Å²) in [5.74, 6) is 0.554. The lowest BCUT2D eigenvalue weighted by Gasteiger charge is -2.29. The first-order valence-electron chi connectivity index (χ1n) is 9.22. The van der Waals surface area contributed by atoms with Gasteiger partial charge in [0.2, 0.25) is 11.8 Å². The summed E-state index contributed by atoms with van der Waals surface area (Å²) in [5.41, 5.74) is 2.57. The lowest BCUT2D eigenvalue weighted by Crippen LogP contribution is -2.50. The van der Waals surface area contributed by atoms with Crippen molar-refractivity contribution in [2.45, 2.75) is 36.9 Å². The molecule has 1 aromatic carbocycles. The van der Waals surface area contributed by atoms with Crippen molar-refractivity contribution < 1.29 is 19.1 Å². The monoisotopic (exact) mass is 456 g/mol. The topological polar surface area (TPSA) is 67.9 Å². The predicted octanol–water partition coefficient (Wildman–Crippen LogP) is 2.33. The van der Waals surface area contributed by atoms with Crippen LogP contribution in [0.5, 0.6) is 0 Å². The van der Waals surface area contributed by atoms with Gasteiger partial charge in [-0.25, -0.2) is 0 Å². The van der Waals surface area contributed by atoms with Gasteiger partial charge in [0.25, 0.3) is 0 Å². The summed E-state index contributed by atoms with van der Waals surface area (Å²) in [5, 5.41) is 3.31. The molecule has 0 radical (unpaired) electrons. The maximum Gasteiger partial charge on any atom is 0.243 e. The summed E-state index contributed by atoms with van der Waals surface area (Å²) in [4.78, 5) is 27.0. The molecule has 1 N–H and O–H groups in total. The van der Waals surface area contributed by atoms with Crippen molar-refractivity contribution in [3.8, 4) is 0 Å². The van der Waals surface area contributed by atoms with Crippen LogP contribution in [0.4, 0.5) is 0 Å². The smallest absolute Gasteiger partial charge is 0.243 e. The molecule has 1 aromatic rings. The second kappa shape index (κ2) is 10.6. The lowest BCUT2D eigenvalue weighted by molar-refractivity contribution is -0.137. The van der Waals surface area contributed by atoms with Crippen LogP contribution in [-0.2, 0) is 32.2 Å². The first-order chi connectivity index (χ1) is 13.2. The van der Waals surface area contributed by atoms with Crippen LogP contribution in [0.2, 0.25) is 0 Å². The Morgan fingerprint density at radius 3 is 2.74 bits per heavy atom. The van der Waals surface area contributed by atoms with Crippen molar-refractivity contribution >= 4 is 39.5 Å². The van der Waals surface area contributed by atoms with E-state index in [9.17, 15) is 9.59 Å². The summed E-state index contributed by atoms with van der Waals surface area (Å²) < 4.78 is 11.0. The third kappa shape index (κ3) is 5.77. The van der Waals surface area contributed by atoms with Crippen molar-refractivity contribution in [3.63, 3.8) is 0 Å². The number of alkyl halides is 1. The largest absolute Gasteiger partial charge is 0.378 e. The van der Waals surface area contributed by atoms with Gasteiger partial charge < -0.3 is 9.47 Å². The quantitative estimate of drug-likeness (QED) is 0.252. The van der Waals surface area contributed by atoms with E-state index in [0.717, 1.165) is 24.2 Å². The average Bonchev–Trinajstić information content (AvgIpc) is 3.08. The normalized spacial score (nSPS) is 20.0. The van der Waals surface area contributed by atoms with Crippen molar-refractivity contribution in [2.24, 2.45) is 0 Å². The number of fused-ring (bicyclic) bond motifs is 1. The number of carbonyl (C=O) groups excluding carboxylic acids is 2. The molecule has 8 heteroatoms. The number of amides is 2. The van der Waals surface area contributed by atoms with E-state index in [0.29, 0.717) is 39.3 Å². The SMILES string of the molecule is O=C1CCC(N2Cc3cccc(SCCOCCOCCBr)c3C2)C(=O)N1. The van der Waals surface area contributed by atoms with Gasteiger partial charge in [-0.1, -0.05) is 28.1 Å². The zero-order valence-corrected chi connectivity index (χ0v) is 17.6. The highest BCUT2D eigenvalue weighted by Gasteiger charge is 2.35. The first-order valence-corrected chi connectivity index (χ1v) is 11.3. The molecule has 27 heavy (non-hydrogen) atoms. The maximum absolute atomic E-state index is 12.2. The number of piperidine rings is 1. The molecule has 2 aliphatic heterocycles. The second-order valence-corrected chi connectivity index (χ2v) is 8.46. The van der Waals surface area contributed by atoms with Gasteiger partial charge in [0, 0.05) is 35.5 Å². The molecular weight excluding hydrogens is 432 g/mol. The molecule has 1 unspecified atom stereocenters. The van der Waals surface area contributed by atoms with Crippen LogP contribution in [0.15, 0.2) is 23.1 Å². The molecule has 1 atom stereocenters. The molecule has 2 aliphatic rings. The van der Waals surface area contributed by atoms with E-state index in [2.05, 4.69) is 44.3 Å². The Kier molecular flexibility index (Phi) is 8.14. The minimum absolute atomic E-state index is 0.163. The van der Waals surface area contributed by atoms with Crippen molar-refractivity contribution in [3.05, 3.63) is 29.3 Å². The number of rotatable bonds is 10. The lowest BCUT2D eigenvalue weighted by atomic mass is 10.0. The van der Waals surface area contributed by atoms with E-state index in [1.54, 1.807) is 11.8 Å². The van der Waals surface area contributed by atoms with Crippen LogP contribution < -0.4 is 5.32 Å². The number of ether oxygens (including phenoxy) is 2. The van der Waals surface area contributed by atoms with E-state index >= 15 is 0 Å². The zero-order chi connectivity index (χ0) is 19.1. The molecule has 0 aromatic heterocycles. The van der Waals surface area contributed by atoms with Crippen LogP contribution in [0, 0.1) is 0 Å². The Hall–Kier alpha value is -0.930. The van der Waals surface area contributed by atoms with Gasteiger partial charge in [0.1, 0.15) is 0 Å². The number of hydrogen-bond acceptors (Lipinski definition) is 6. The Balaban J connectivity index is 1.47. The highest BCUT2D eigenvalue weighted by atomic mass is 79.9. The molecule has 0 bridgehead atoms. The second-order valence-electron chi connectivity index (χ2n) is 6.53. The molecule has 1 saturated heterocycles. The van der Waals surface area contributed by atoms with Crippen molar-refractivity contribution in [1.82, 2.24) is 10.2 Å². The summed E-state index contributed by atoms with van der Waals surface area (Å²) in [6.07, 6.45) is 1.02. The van der Waals surface area contributed by atoms with Gasteiger partial charge in [-0.2, -0.15) is 0 Å². The van der Waals surface area contributed by atoms with E-state index in [4.69, 9.17) is 9.47 Å². The van der Waals surface area contributed by atoms with Gasteiger partial charge in [-0.15, -0.1) is 11.8 Å². The van der Waals surface area contributed by atoms with Crippen LogP contribution in [0.25, 0.3) is 0 Å². The molecule has 0 spiro atoms. The fraction of sp³-hybridized carbons (Fsp3) is 0.579. The van der Waals surface area contributed by atoms with Crippen LogP contribution in [0.1, 0.15) is 24.0 Å². The molecule has 1 fully saturated rings. The fourth-order valence-corrected chi connectivity index (χ4v) is 4.58. The number of halogens is 1. The Morgan fingerprint density at radius 1 is 1.15 bits per heavy atom. The standard InChI is InChI=1S/C19H25BrN2O4S/c20-6-7-25-8-9-26-10-11-27-17-3-1-2-14-12-22(13-15(14)17)16-4-5-18(23)21-19(16)24/h1-3,16H,4-13H2,(H,21,23,24). The molecule has 3 rings (SSSR count). The number of nitrogens with one attached hydrogen (secondary N) is 1. The van der Waals surface area contributed by atoms with Crippen LogP contribution in [-0.4, -0.2) is 60.3 Å². The Labute approximate surface area is 172 Å². The van der Waals surface area contributed by atoms with Gasteiger partial charge in [-0.3, -0.25) is 19.8 Å². The van der Waals surface area contributed by atoms with Gasteiger partial charge >= 0.3 is 0 Å². The molecule has 2 amide bonds. The Morgan fingerprint density at radius 2 is 1.96 bits per heavy atom. The number of carbonyl (C=O) groups is 2. The average molecular weight is 457 g/mol. The fourth-order valence-electron chi connectivity index (χ4n) is 3.39. The number of imide groups is 1. The van der Waals surface area contributed by atoms with E-state index in [1.807, 2.05) is 0 Å². The maximum atomic E-state index is 12.2. The van der Waals surface area contributed by atoms with E-state index in [-0.39, 0.29) is 17.9 Å². The molecular formula is C19H25BrN2O4S. The minimum atomic E-state index is -0.212. The molecule has 6 nitrogen and oxygen atoms in total. The zero-order valence-electron chi connectivity index (χ0n) is 15.2. The Bertz CT molecular complexity index is 673. The number of nitrogens with zero attached hydrogens (tertiary/aromatic N) is 1. The number of thioether (sulfide) groups is 1. The van der Waals surface area contributed by atoms with Gasteiger partial charge in [0.05, 0.1) is 32.5 Å². The highest BCUT2D eigenvalue weighted by Crippen LogP contribution is 2.34. The molecule has 0 saturated carbocycles. The molecule has 0 aliphatic carbocycles.